The predicted octanol–water partition coefficient (Wildman–Crippen LogP) is 7.38. The SMILES string of the molecule is COc1cc(C2C3=CCC4C(=O)N(Cc5cccs5)C(=O)C4C3CC3C(=O)N(Nc4ncc(C(F)(F)F)cc4Cl)C(=O)C32c2ccc(Cl)cc2)cc(OC)c1O. The fourth-order valence-corrected chi connectivity index (χ4v) is 10.0. The number of aromatic hydroxyl groups is 1. The topological polar surface area (TPSA) is 138 Å². The molecule has 6 atom stereocenters. The average Bonchev–Trinajstić information content (AvgIpc) is 3.84. The van der Waals surface area contributed by atoms with Gasteiger partial charge in [-0.3, -0.25) is 29.5 Å². The van der Waals surface area contributed by atoms with E-state index in [0.717, 1.165) is 4.88 Å². The lowest BCUT2D eigenvalue weighted by Crippen LogP contribution is -2.53. The standard InChI is InChI=1S/C39H31Cl2F3N4O7S/c1-54-28-12-18(13-29(55-2)32(28)49)31-23-9-10-24-30(36(52)47(34(24)50)17-22-4-3-11-56-22)25(23)15-26-35(51)48(37(53)38(26,31)19-5-7-21(40)8-6-19)46-33-27(41)14-20(16-45-33)39(42,43)44/h3-9,11-14,16,24-26,30-31,49H,10,15,17H2,1-2H3,(H,45,46). The number of benzene rings is 2. The Hall–Kier alpha value is -5.12. The van der Waals surface area contributed by atoms with E-state index in [0.29, 0.717) is 39.0 Å². The lowest BCUT2D eigenvalue weighted by molar-refractivity contribution is -0.142. The molecular weight excluding hydrogens is 796 g/mol. The molecule has 0 bridgehead atoms. The number of phenols is 1. The molecule has 8 rings (SSSR count). The minimum atomic E-state index is -4.76. The number of phenolic OH excluding ortho intramolecular Hbond substituents is 1. The van der Waals surface area contributed by atoms with Crippen molar-refractivity contribution in [2.75, 3.05) is 19.6 Å². The molecule has 4 aliphatic rings. The van der Waals surface area contributed by atoms with E-state index in [1.54, 1.807) is 24.3 Å². The van der Waals surface area contributed by atoms with Crippen LogP contribution in [0.1, 0.15) is 40.3 Å². The molecule has 2 aliphatic carbocycles. The summed E-state index contributed by atoms with van der Waals surface area (Å²) in [6, 6.07) is 13.7. The number of likely N-dealkylation sites (tertiary alicyclic amines) is 1. The summed E-state index contributed by atoms with van der Waals surface area (Å²) in [5.74, 6) is -7.56. The van der Waals surface area contributed by atoms with Crippen molar-refractivity contribution in [1.29, 1.82) is 0 Å². The molecule has 0 radical (unpaired) electrons. The molecule has 4 aromatic rings. The minimum Gasteiger partial charge on any atom is -0.502 e. The van der Waals surface area contributed by atoms with Crippen molar-refractivity contribution >= 4 is 64.0 Å². The second-order valence-corrected chi connectivity index (χ2v) is 15.9. The molecular formula is C39H31Cl2F3N4O7S. The Morgan fingerprint density at radius 2 is 1.68 bits per heavy atom. The lowest BCUT2D eigenvalue weighted by Gasteiger charge is -2.50. The van der Waals surface area contributed by atoms with Crippen LogP contribution >= 0.6 is 34.5 Å². The third kappa shape index (κ3) is 5.73. The van der Waals surface area contributed by atoms with Gasteiger partial charge in [-0.1, -0.05) is 53.1 Å². The Labute approximate surface area is 331 Å². The number of nitrogens with zero attached hydrogens (tertiary/aromatic N) is 3. The van der Waals surface area contributed by atoms with Crippen LogP contribution in [0.5, 0.6) is 17.2 Å². The van der Waals surface area contributed by atoms with Gasteiger partial charge >= 0.3 is 6.18 Å². The van der Waals surface area contributed by atoms with Gasteiger partial charge in [0, 0.05) is 22.0 Å². The molecule has 17 heteroatoms. The molecule has 6 unspecified atom stereocenters. The number of hydrazine groups is 1. The van der Waals surface area contributed by atoms with E-state index in [2.05, 4.69) is 10.4 Å². The fraction of sp³-hybridized carbons (Fsp3) is 0.308. The van der Waals surface area contributed by atoms with Crippen LogP contribution in [0.2, 0.25) is 10.0 Å². The van der Waals surface area contributed by atoms with Crippen LogP contribution in [0.3, 0.4) is 0 Å². The molecule has 3 fully saturated rings. The van der Waals surface area contributed by atoms with Gasteiger partial charge in [0.25, 0.3) is 11.8 Å². The molecule has 2 aromatic heterocycles. The van der Waals surface area contributed by atoms with Crippen LogP contribution < -0.4 is 14.9 Å². The van der Waals surface area contributed by atoms with E-state index in [4.69, 9.17) is 32.7 Å². The van der Waals surface area contributed by atoms with Crippen molar-refractivity contribution in [3.63, 3.8) is 0 Å². The quantitative estimate of drug-likeness (QED) is 0.138. The first-order valence-corrected chi connectivity index (χ1v) is 19.0. The maximum atomic E-state index is 15.4. The number of hydrogen-bond donors (Lipinski definition) is 2. The predicted molar refractivity (Wildman–Crippen MR) is 198 cm³/mol. The maximum Gasteiger partial charge on any atom is 0.417 e. The number of rotatable bonds is 8. The zero-order chi connectivity index (χ0) is 39.8. The van der Waals surface area contributed by atoms with E-state index in [-0.39, 0.29) is 48.4 Å². The Balaban J connectivity index is 1.33. The van der Waals surface area contributed by atoms with Crippen LogP contribution in [0.4, 0.5) is 19.0 Å². The van der Waals surface area contributed by atoms with Crippen molar-refractivity contribution in [1.82, 2.24) is 14.9 Å². The smallest absolute Gasteiger partial charge is 0.417 e. The first-order chi connectivity index (χ1) is 26.7. The summed E-state index contributed by atoms with van der Waals surface area (Å²) < 4.78 is 51.6. The molecule has 4 amide bonds. The number of alkyl halides is 3. The number of methoxy groups -OCH3 is 2. The normalized spacial score (nSPS) is 25.8. The maximum absolute atomic E-state index is 15.4. The van der Waals surface area contributed by atoms with Crippen LogP contribution in [-0.2, 0) is 37.3 Å². The highest BCUT2D eigenvalue weighted by atomic mass is 35.5. The van der Waals surface area contributed by atoms with Crippen LogP contribution in [-0.4, -0.2) is 57.8 Å². The van der Waals surface area contributed by atoms with E-state index in [1.807, 2.05) is 23.6 Å². The molecule has 4 heterocycles. The van der Waals surface area contributed by atoms with E-state index in [9.17, 15) is 32.7 Å². The lowest BCUT2D eigenvalue weighted by atomic mass is 9.49. The number of aromatic nitrogens is 1. The van der Waals surface area contributed by atoms with Crippen molar-refractivity contribution in [3.8, 4) is 17.2 Å². The van der Waals surface area contributed by atoms with E-state index < -0.39 is 69.5 Å². The summed E-state index contributed by atoms with van der Waals surface area (Å²) in [5, 5.41) is 13.4. The van der Waals surface area contributed by atoms with Gasteiger partial charge < -0.3 is 14.6 Å². The molecule has 2 N–H and O–H groups in total. The second-order valence-electron chi connectivity index (χ2n) is 14.0. The summed E-state index contributed by atoms with van der Waals surface area (Å²) in [5.41, 5.74) is 1.04. The summed E-state index contributed by atoms with van der Waals surface area (Å²) in [4.78, 5) is 64.5. The van der Waals surface area contributed by atoms with E-state index in [1.165, 1.54) is 42.6 Å². The number of amides is 4. The minimum absolute atomic E-state index is 0.000277. The molecule has 11 nitrogen and oxygen atoms in total. The Kier molecular flexibility index (Phi) is 9.32. The van der Waals surface area contributed by atoms with Gasteiger partial charge in [0.05, 0.1) is 54.5 Å². The number of carbonyl (C=O) groups excluding carboxylic acids is 4. The number of anilines is 1. The van der Waals surface area contributed by atoms with Gasteiger partial charge in [0.2, 0.25) is 17.6 Å². The van der Waals surface area contributed by atoms with Gasteiger partial charge in [-0.25, -0.2) is 4.98 Å². The van der Waals surface area contributed by atoms with Gasteiger partial charge in [-0.15, -0.1) is 11.3 Å². The van der Waals surface area contributed by atoms with Crippen LogP contribution in [0, 0.1) is 23.7 Å². The Morgan fingerprint density at radius 3 is 2.29 bits per heavy atom. The first-order valence-electron chi connectivity index (χ1n) is 17.4. The summed E-state index contributed by atoms with van der Waals surface area (Å²) >= 11 is 14.0. The van der Waals surface area contributed by atoms with Crippen LogP contribution in [0.15, 0.2) is 77.8 Å². The highest BCUT2D eigenvalue weighted by Crippen LogP contribution is 2.65. The summed E-state index contributed by atoms with van der Waals surface area (Å²) in [6.45, 7) is 0.0916. The van der Waals surface area contributed by atoms with Crippen molar-refractivity contribution in [2.45, 2.75) is 36.9 Å². The second kappa shape index (κ2) is 13.8. The molecule has 2 aliphatic heterocycles. The van der Waals surface area contributed by atoms with E-state index >= 15 is 4.79 Å². The highest BCUT2D eigenvalue weighted by Gasteiger charge is 2.70. The summed E-state index contributed by atoms with van der Waals surface area (Å²) in [7, 11) is 2.68. The zero-order valence-corrected chi connectivity index (χ0v) is 31.8. The molecule has 1 saturated carbocycles. The monoisotopic (exact) mass is 826 g/mol. The molecule has 2 aromatic carbocycles. The summed E-state index contributed by atoms with van der Waals surface area (Å²) in [6.07, 6.45) is -2.26. The van der Waals surface area contributed by atoms with Gasteiger partial charge in [-0.2, -0.15) is 18.2 Å². The van der Waals surface area contributed by atoms with Gasteiger partial charge in [0.15, 0.2) is 17.3 Å². The average molecular weight is 828 g/mol. The number of thiophene rings is 1. The van der Waals surface area contributed by atoms with Crippen molar-refractivity contribution in [3.05, 3.63) is 109 Å². The number of halogens is 5. The molecule has 0 spiro atoms. The Morgan fingerprint density at radius 1 is 0.982 bits per heavy atom. The van der Waals surface area contributed by atoms with Gasteiger partial charge in [0.1, 0.15) is 0 Å². The molecule has 290 valence electrons. The molecule has 2 saturated heterocycles. The number of fused-ring (bicyclic) bond motifs is 4. The number of pyridine rings is 1. The Bertz CT molecular complexity index is 2300. The fourth-order valence-electron chi connectivity index (χ4n) is 9.02. The number of hydrogen-bond acceptors (Lipinski definition) is 10. The number of allylic oxidation sites excluding steroid dienone is 2. The van der Waals surface area contributed by atoms with Gasteiger partial charge in [-0.05, 0) is 71.7 Å². The third-order valence-electron chi connectivity index (χ3n) is 11.4. The molecule has 56 heavy (non-hydrogen) atoms. The van der Waals surface area contributed by atoms with Crippen molar-refractivity contribution in [2.24, 2.45) is 23.7 Å². The van der Waals surface area contributed by atoms with Crippen molar-refractivity contribution < 1.29 is 46.9 Å². The highest BCUT2D eigenvalue weighted by molar-refractivity contribution is 7.09. The number of nitrogens with one attached hydrogen (secondary N) is 1. The number of imide groups is 2. The first kappa shape index (κ1) is 37.8. The third-order valence-corrected chi connectivity index (χ3v) is 12.8. The number of ether oxygens (including phenoxy) is 2. The van der Waals surface area contributed by atoms with Crippen LogP contribution in [0.25, 0.3) is 0 Å². The number of carbonyl (C=O) groups is 4. The largest absolute Gasteiger partial charge is 0.502 e. The zero-order valence-electron chi connectivity index (χ0n) is 29.5.